The average Bonchev–Trinajstić information content (AvgIpc) is 3.28. The van der Waals surface area contributed by atoms with E-state index >= 15 is 0 Å². The molecule has 0 saturated heterocycles. The number of nitrogens with zero attached hydrogens (tertiary/aromatic N) is 3. The van der Waals surface area contributed by atoms with Gasteiger partial charge in [0.1, 0.15) is 5.01 Å². The van der Waals surface area contributed by atoms with Crippen molar-refractivity contribution in [2.24, 2.45) is 0 Å². The molecule has 8 heteroatoms. The van der Waals surface area contributed by atoms with Gasteiger partial charge in [-0.1, -0.05) is 53.8 Å². The molecule has 0 fully saturated rings. The maximum atomic E-state index is 12.9. The van der Waals surface area contributed by atoms with Crippen LogP contribution >= 0.6 is 11.3 Å². The van der Waals surface area contributed by atoms with Crippen LogP contribution in [0.25, 0.3) is 10.6 Å². The Bertz CT molecular complexity index is 1240. The van der Waals surface area contributed by atoms with Gasteiger partial charge in [0.2, 0.25) is 5.13 Å². The first-order valence-electron chi connectivity index (χ1n) is 9.89. The molecule has 0 unspecified atom stereocenters. The van der Waals surface area contributed by atoms with E-state index in [-0.39, 0.29) is 11.8 Å². The fraction of sp³-hybridized carbons (Fsp3) is 0.0833. The van der Waals surface area contributed by atoms with Crippen molar-refractivity contribution in [2.75, 3.05) is 29.6 Å². The maximum Gasteiger partial charge on any atom is 0.259 e. The third-order valence-electron chi connectivity index (χ3n) is 4.73. The van der Waals surface area contributed by atoms with Crippen molar-refractivity contribution in [2.45, 2.75) is 0 Å². The molecule has 0 aliphatic rings. The van der Waals surface area contributed by atoms with Gasteiger partial charge >= 0.3 is 0 Å². The minimum Gasteiger partial charge on any atom is -0.378 e. The average molecular weight is 444 g/mol. The van der Waals surface area contributed by atoms with Crippen molar-refractivity contribution >= 4 is 39.7 Å². The molecule has 160 valence electrons. The molecule has 4 aromatic rings. The van der Waals surface area contributed by atoms with Crippen LogP contribution in [0.3, 0.4) is 0 Å². The molecule has 0 spiro atoms. The van der Waals surface area contributed by atoms with E-state index < -0.39 is 0 Å². The van der Waals surface area contributed by atoms with E-state index in [1.54, 1.807) is 36.4 Å². The molecular weight excluding hydrogens is 422 g/mol. The van der Waals surface area contributed by atoms with Crippen LogP contribution in [-0.4, -0.2) is 36.1 Å². The van der Waals surface area contributed by atoms with Gasteiger partial charge in [-0.25, -0.2) is 0 Å². The number of nitrogens with one attached hydrogen (secondary N) is 2. The highest BCUT2D eigenvalue weighted by molar-refractivity contribution is 7.18. The Labute approximate surface area is 189 Å². The Morgan fingerprint density at radius 2 is 1.47 bits per heavy atom. The van der Waals surface area contributed by atoms with E-state index in [0.29, 0.717) is 27.0 Å². The summed E-state index contributed by atoms with van der Waals surface area (Å²) in [7, 11) is 3.87. The van der Waals surface area contributed by atoms with E-state index in [4.69, 9.17) is 0 Å². The Hall–Kier alpha value is -4.04. The molecule has 2 N–H and O–H groups in total. The quantitative estimate of drug-likeness (QED) is 0.448. The monoisotopic (exact) mass is 443 g/mol. The van der Waals surface area contributed by atoms with Gasteiger partial charge in [-0.2, -0.15) is 0 Å². The fourth-order valence-corrected chi connectivity index (χ4v) is 3.78. The number of para-hydroxylation sites is 1. The fourth-order valence-electron chi connectivity index (χ4n) is 3.03. The van der Waals surface area contributed by atoms with Crippen molar-refractivity contribution < 1.29 is 9.59 Å². The number of hydrogen-bond donors (Lipinski definition) is 2. The largest absolute Gasteiger partial charge is 0.378 e. The van der Waals surface area contributed by atoms with Crippen molar-refractivity contribution in [3.05, 3.63) is 90.0 Å². The number of amides is 2. The predicted molar refractivity (Wildman–Crippen MR) is 128 cm³/mol. The van der Waals surface area contributed by atoms with Crippen molar-refractivity contribution in [1.82, 2.24) is 10.2 Å². The molecule has 0 saturated carbocycles. The van der Waals surface area contributed by atoms with Crippen LogP contribution in [0.4, 0.5) is 16.5 Å². The summed E-state index contributed by atoms with van der Waals surface area (Å²) in [5.74, 6) is -0.669. The van der Waals surface area contributed by atoms with E-state index in [1.807, 2.05) is 61.5 Å². The number of rotatable bonds is 6. The lowest BCUT2D eigenvalue weighted by Crippen LogP contribution is -2.18. The van der Waals surface area contributed by atoms with Crippen LogP contribution in [0.1, 0.15) is 20.7 Å². The highest BCUT2D eigenvalue weighted by Gasteiger charge is 2.16. The van der Waals surface area contributed by atoms with Crippen LogP contribution in [-0.2, 0) is 0 Å². The number of carbonyl (C=O) groups is 2. The minimum absolute atomic E-state index is 0.294. The molecule has 7 nitrogen and oxygen atoms in total. The minimum atomic E-state index is -0.375. The van der Waals surface area contributed by atoms with Crippen LogP contribution in [0.2, 0.25) is 0 Å². The lowest BCUT2D eigenvalue weighted by atomic mass is 10.1. The molecule has 1 heterocycles. The number of anilines is 3. The highest BCUT2D eigenvalue weighted by Crippen LogP contribution is 2.27. The summed E-state index contributed by atoms with van der Waals surface area (Å²) in [4.78, 5) is 27.6. The Morgan fingerprint density at radius 3 is 2.19 bits per heavy atom. The molecule has 3 aromatic carbocycles. The van der Waals surface area contributed by atoms with E-state index in [0.717, 1.165) is 11.3 Å². The number of aromatic nitrogens is 2. The second-order valence-electron chi connectivity index (χ2n) is 7.17. The molecule has 4 rings (SSSR count). The molecule has 2 amide bonds. The topological polar surface area (TPSA) is 87.2 Å². The lowest BCUT2D eigenvalue weighted by Gasteiger charge is -2.13. The molecule has 32 heavy (non-hydrogen) atoms. The van der Waals surface area contributed by atoms with Crippen molar-refractivity contribution in [3.63, 3.8) is 0 Å². The lowest BCUT2D eigenvalue weighted by molar-refractivity contribution is 0.102. The summed E-state index contributed by atoms with van der Waals surface area (Å²) >= 11 is 1.28. The summed E-state index contributed by atoms with van der Waals surface area (Å²) in [6.45, 7) is 0. The van der Waals surface area contributed by atoms with E-state index in [9.17, 15) is 9.59 Å². The van der Waals surface area contributed by atoms with Gasteiger partial charge in [0, 0.05) is 30.9 Å². The molecule has 0 atom stereocenters. The summed E-state index contributed by atoms with van der Waals surface area (Å²) in [6.07, 6.45) is 0. The van der Waals surface area contributed by atoms with E-state index in [2.05, 4.69) is 20.8 Å². The molecular formula is C24H21N5O2S. The zero-order valence-electron chi connectivity index (χ0n) is 17.6. The first-order valence-corrected chi connectivity index (χ1v) is 10.7. The predicted octanol–water partition coefficient (Wildman–Crippen LogP) is 4.78. The van der Waals surface area contributed by atoms with Gasteiger partial charge < -0.3 is 10.2 Å². The third-order valence-corrected chi connectivity index (χ3v) is 5.62. The Balaban J connectivity index is 1.49. The summed E-state index contributed by atoms with van der Waals surface area (Å²) < 4.78 is 0. The van der Waals surface area contributed by atoms with Crippen LogP contribution < -0.4 is 15.5 Å². The molecule has 0 radical (unpaired) electrons. The normalized spacial score (nSPS) is 10.4. The zero-order valence-corrected chi connectivity index (χ0v) is 18.4. The molecule has 0 aliphatic heterocycles. The number of benzene rings is 3. The first-order chi connectivity index (χ1) is 15.5. The second-order valence-corrected chi connectivity index (χ2v) is 8.15. The SMILES string of the molecule is CN(C)c1ccc(C(=O)Nc2ccccc2C(=O)Nc2nnc(-c3ccccc3)s2)cc1. The van der Waals surface area contributed by atoms with Gasteiger partial charge in [0.15, 0.2) is 0 Å². The molecule has 0 bridgehead atoms. The van der Waals surface area contributed by atoms with Gasteiger partial charge in [-0.3, -0.25) is 14.9 Å². The Morgan fingerprint density at radius 1 is 0.781 bits per heavy atom. The number of hydrogen-bond acceptors (Lipinski definition) is 6. The summed E-state index contributed by atoms with van der Waals surface area (Å²) in [6, 6.07) is 23.7. The van der Waals surface area contributed by atoms with Crippen LogP contribution in [0, 0.1) is 0 Å². The van der Waals surface area contributed by atoms with Crippen molar-refractivity contribution in [1.29, 1.82) is 0 Å². The van der Waals surface area contributed by atoms with Crippen LogP contribution in [0.15, 0.2) is 78.9 Å². The molecule has 0 aliphatic carbocycles. The zero-order chi connectivity index (χ0) is 22.5. The summed E-state index contributed by atoms with van der Waals surface area (Å²) in [5.41, 5.74) is 3.18. The van der Waals surface area contributed by atoms with Gasteiger partial charge in [0.25, 0.3) is 11.8 Å². The van der Waals surface area contributed by atoms with E-state index in [1.165, 1.54) is 11.3 Å². The van der Waals surface area contributed by atoms with Gasteiger partial charge in [-0.05, 0) is 36.4 Å². The third kappa shape index (κ3) is 4.81. The van der Waals surface area contributed by atoms with Gasteiger partial charge in [-0.15, -0.1) is 10.2 Å². The highest BCUT2D eigenvalue weighted by atomic mass is 32.1. The first kappa shape index (κ1) is 21.2. The standard InChI is InChI=1S/C24H21N5O2S/c1-29(2)18-14-12-16(13-15-18)21(30)25-20-11-7-6-10-19(20)22(31)26-24-28-27-23(32-24)17-8-4-3-5-9-17/h3-15H,1-2H3,(H,25,30)(H,26,28,31). The maximum absolute atomic E-state index is 12.9. The van der Waals surface area contributed by atoms with Gasteiger partial charge in [0.05, 0.1) is 11.3 Å². The second kappa shape index (κ2) is 9.40. The van der Waals surface area contributed by atoms with Crippen LogP contribution in [0.5, 0.6) is 0 Å². The smallest absolute Gasteiger partial charge is 0.259 e. The van der Waals surface area contributed by atoms with Crippen molar-refractivity contribution in [3.8, 4) is 10.6 Å². The Kier molecular flexibility index (Phi) is 6.23. The number of carbonyl (C=O) groups excluding carboxylic acids is 2. The summed E-state index contributed by atoms with van der Waals surface area (Å²) in [5, 5.41) is 14.9. The molecule has 1 aromatic heterocycles.